The van der Waals surface area contributed by atoms with Gasteiger partial charge in [-0.15, -0.1) is 0 Å². The highest BCUT2D eigenvalue weighted by Crippen LogP contribution is 2.27. The second-order valence-corrected chi connectivity index (χ2v) is 6.15. The number of fused-ring (bicyclic) bond motifs is 1. The van der Waals surface area contributed by atoms with E-state index in [0.29, 0.717) is 27.7 Å². The van der Waals surface area contributed by atoms with Crippen LogP contribution < -0.4 is 10.6 Å². The van der Waals surface area contributed by atoms with Crippen molar-refractivity contribution in [2.45, 2.75) is 6.92 Å². The molecule has 0 unspecified atom stereocenters. The molecule has 0 aliphatic carbocycles. The van der Waals surface area contributed by atoms with Gasteiger partial charge < -0.3 is 10.6 Å². The van der Waals surface area contributed by atoms with Gasteiger partial charge in [-0.25, -0.2) is 9.38 Å². The first-order valence-corrected chi connectivity index (χ1v) is 8.30. The Morgan fingerprint density at radius 3 is 2.76 bits per heavy atom. The summed E-state index contributed by atoms with van der Waals surface area (Å²) >= 11 is 1.23. The van der Waals surface area contributed by atoms with Crippen molar-refractivity contribution in [3.05, 3.63) is 64.8 Å². The van der Waals surface area contributed by atoms with Crippen LogP contribution in [0.2, 0.25) is 0 Å². The Morgan fingerprint density at radius 2 is 1.96 bits per heavy atom. The van der Waals surface area contributed by atoms with E-state index in [2.05, 4.69) is 15.6 Å². The Morgan fingerprint density at radius 1 is 1.12 bits per heavy atom. The summed E-state index contributed by atoms with van der Waals surface area (Å²) < 4.78 is 13.3. The summed E-state index contributed by atoms with van der Waals surface area (Å²) in [7, 11) is 0. The Balaban J connectivity index is 1.80. The molecule has 25 heavy (non-hydrogen) atoms. The normalized spacial score (nSPS) is 12.6. The van der Waals surface area contributed by atoms with E-state index >= 15 is 0 Å². The molecule has 0 aromatic heterocycles. The van der Waals surface area contributed by atoms with Gasteiger partial charge in [-0.05, 0) is 47.9 Å². The van der Waals surface area contributed by atoms with Crippen LogP contribution in [-0.2, 0) is 4.79 Å². The number of carbonyl (C=O) groups is 2. The largest absolute Gasteiger partial charge is 0.326 e. The second-order valence-electron chi connectivity index (χ2n) is 5.26. The van der Waals surface area contributed by atoms with E-state index in [1.807, 2.05) is 0 Å². The van der Waals surface area contributed by atoms with Crippen molar-refractivity contribution < 1.29 is 14.0 Å². The van der Waals surface area contributed by atoms with E-state index in [1.165, 1.54) is 30.8 Å². The summed E-state index contributed by atoms with van der Waals surface area (Å²) in [4.78, 5) is 27.9. The number of nitrogens with one attached hydrogen (secondary N) is 2. The molecule has 1 aliphatic rings. The Bertz CT molecular complexity index is 909. The number of amides is 2. The van der Waals surface area contributed by atoms with Gasteiger partial charge in [-0.2, -0.15) is 0 Å². The van der Waals surface area contributed by atoms with E-state index in [0.717, 1.165) is 0 Å². The maximum absolute atomic E-state index is 13.3. The van der Waals surface area contributed by atoms with Crippen LogP contribution in [0.15, 0.2) is 52.9 Å². The van der Waals surface area contributed by atoms with Gasteiger partial charge in [-0.1, -0.05) is 17.8 Å². The first-order chi connectivity index (χ1) is 12.0. The number of nitrogens with zero attached hydrogens (tertiary/aromatic N) is 1. The number of halogens is 1. The van der Waals surface area contributed by atoms with Gasteiger partial charge in [0.2, 0.25) is 5.91 Å². The quantitative estimate of drug-likeness (QED) is 0.858. The summed E-state index contributed by atoms with van der Waals surface area (Å²) in [5.74, 6) is -0.904. The Labute approximate surface area is 148 Å². The second kappa shape index (κ2) is 7.31. The Hall–Kier alpha value is -2.93. The van der Waals surface area contributed by atoms with Crippen LogP contribution in [0, 0.1) is 5.82 Å². The molecular formula is C18H14FN3O2S. The lowest BCUT2D eigenvalue weighted by molar-refractivity contribution is -0.114. The monoisotopic (exact) mass is 355 g/mol. The molecule has 3 rings (SSSR count). The predicted molar refractivity (Wildman–Crippen MR) is 98.3 cm³/mol. The first kappa shape index (κ1) is 16.9. The molecule has 126 valence electrons. The van der Waals surface area contributed by atoms with Crippen LogP contribution >= 0.6 is 11.8 Å². The molecular weight excluding hydrogens is 341 g/mol. The molecule has 0 spiro atoms. The summed E-state index contributed by atoms with van der Waals surface area (Å²) in [6.07, 6.45) is 1.74. The minimum absolute atomic E-state index is 0.213. The SMILES string of the molecule is CC(=O)Nc1cccc(C(=O)NC2=Nc3ccc(F)cc3C=CS2)c1. The zero-order valence-electron chi connectivity index (χ0n) is 13.2. The summed E-state index contributed by atoms with van der Waals surface area (Å²) in [5, 5.41) is 7.48. The van der Waals surface area contributed by atoms with Gasteiger partial charge >= 0.3 is 0 Å². The summed E-state index contributed by atoms with van der Waals surface area (Å²) in [6, 6.07) is 10.9. The average molecular weight is 355 g/mol. The van der Waals surface area contributed by atoms with Crippen LogP contribution in [-0.4, -0.2) is 17.0 Å². The molecule has 2 aromatic rings. The molecule has 2 amide bonds. The zero-order chi connectivity index (χ0) is 17.8. The van der Waals surface area contributed by atoms with Crippen molar-refractivity contribution in [1.82, 2.24) is 5.32 Å². The number of rotatable bonds is 2. The van der Waals surface area contributed by atoms with Crippen molar-refractivity contribution in [3.8, 4) is 0 Å². The molecule has 1 heterocycles. The predicted octanol–water partition coefficient (Wildman–Crippen LogP) is 3.92. The molecule has 0 bridgehead atoms. The minimum Gasteiger partial charge on any atom is -0.326 e. The highest BCUT2D eigenvalue weighted by molar-refractivity contribution is 8.16. The van der Waals surface area contributed by atoms with Crippen molar-refractivity contribution in [2.24, 2.45) is 4.99 Å². The molecule has 1 aliphatic heterocycles. The standard InChI is InChI=1S/C18H14FN3O2S/c1-11(23)20-15-4-2-3-13(10-15)17(24)22-18-21-16-6-5-14(19)9-12(16)7-8-25-18/h2-10H,1H3,(H,20,23)(H,21,22,24). The number of carbonyl (C=O) groups excluding carboxylic acids is 2. The van der Waals surface area contributed by atoms with Crippen molar-refractivity contribution >= 4 is 46.2 Å². The van der Waals surface area contributed by atoms with E-state index in [-0.39, 0.29) is 17.6 Å². The molecule has 0 saturated heterocycles. The number of amidine groups is 1. The van der Waals surface area contributed by atoms with Gasteiger partial charge in [0.05, 0.1) is 5.69 Å². The molecule has 5 nitrogen and oxygen atoms in total. The molecule has 2 aromatic carbocycles. The third-order valence-electron chi connectivity index (χ3n) is 3.30. The maximum atomic E-state index is 13.3. The zero-order valence-corrected chi connectivity index (χ0v) is 14.1. The van der Waals surface area contributed by atoms with Crippen LogP contribution in [0.5, 0.6) is 0 Å². The molecule has 0 saturated carbocycles. The maximum Gasteiger partial charge on any atom is 0.257 e. The third kappa shape index (κ3) is 4.33. The van der Waals surface area contributed by atoms with Gasteiger partial charge in [-0.3, -0.25) is 9.59 Å². The third-order valence-corrected chi connectivity index (χ3v) is 3.99. The number of aliphatic imine (C=N–C) groups is 1. The topological polar surface area (TPSA) is 70.6 Å². The highest BCUT2D eigenvalue weighted by Gasteiger charge is 2.13. The van der Waals surface area contributed by atoms with E-state index in [9.17, 15) is 14.0 Å². The number of hydrogen-bond donors (Lipinski definition) is 2. The fourth-order valence-corrected chi connectivity index (χ4v) is 2.88. The molecule has 0 fully saturated rings. The van der Waals surface area contributed by atoms with Gasteiger partial charge in [0.25, 0.3) is 5.91 Å². The van der Waals surface area contributed by atoms with Crippen molar-refractivity contribution in [1.29, 1.82) is 0 Å². The lowest BCUT2D eigenvalue weighted by Crippen LogP contribution is -2.28. The van der Waals surface area contributed by atoms with Crippen LogP contribution in [0.25, 0.3) is 6.08 Å². The number of anilines is 1. The highest BCUT2D eigenvalue weighted by atomic mass is 32.2. The fraction of sp³-hybridized carbons (Fsp3) is 0.0556. The van der Waals surface area contributed by atoms with Gasteiger partial charge in [0, 0.05) is 23.7 Å². The first-order valence-electron chi connectivity index (χ1n) is 7.42. The lowest BCUT2D eigenvalue weighted by atomic mass is 10.2. The molecule has 0 atom stereocenters. The summed E-state index contributed by atoms with van der Waals surface area (Å²) in [5.41, 5.74) is 2.15. The van der Waals surface area contributed by atoms with Crippen molar-refractivity contribution in [2.75, 3.05) is 5.32 Å². The van der Waals surface area contributed by atoms with Crippen LogP contribution in [0.4, 0.5) is 15.8 Å². The number of thioether (sulfide) groups is 1. The molecule has 2 N–H and O–H groups in total. The molecule has 7 heteroatoms. The van der Waals surface area contributed by atoms with Crippen molar-refractivity contribution in [3.63, 3.8) is 0 Å². The van der Waals surface area contributed by atoms with Gasteiger partial charge in [0.1, 0.15) is 5.82 Å². The van der Waals surface area contributed by atoms with E-state index in [4.69, 9.17) is 0 Å². The minimum atomic E-state index is -0.350. The fourth-order valence-electron chi connectivity index (χ4n) is 2.24. The molecule has 0 radical (unpaired) electrons. The number of hydrogen-bond acceptors (Lipinski definition) is 4. The summed E-state index contributed by atoms with van der Waals surface area (Å²) in [6.45, 7) is 1.40. The van der Waals surface area contributed by atoms with E-state index in [1.54, 1.807) is 41.8 Å². The van der Waals surface area contributed by atoms with Gasteiger partial charge in [0.15, 0.2) is 5.17 Å². The Kier molecular flexibility index (Phi) is 4.95. The van der Waals surface area contributed by atoms with Crippen LogP contribution in [0.1, 0.15) is 22.8 Å². The smallest absolute Gasteiger partial charge is 0.257 e. The lowest BCUT2D eigenvalue weighted by Gasteiger charge is -2.08. The van der Waals surface area contributed by atoms with Crippen LogP contribution in [0.3, 0.4) is 0 Å². The average Bonchev–Trinajstić information content (AvgIpc) is 2.76. The van der Waals surface area contributed by atoms with E-state index < -0.39 is 0 Å². The number of benzene rings is 2.